The Balaban J connectivity index is 1.19. The number of piperidine rings is 1. The fourth-order valence-electron chi connectivity index (χ4n) is 4.04. The maximum Gasteiger partial charge on any atom is 0.267 e. The first-order valence-electron chi connectivity index (χ1n) is 11.9. The maximum atomic E-state index is 12.7. The van der Waals surface area contributed by atoms with E-state index in [1.165, 1.54) is 6.08 Å². The molecule has 0 saturated carbocycles. The van der Waals surface area contributed by atoms with Gasteiger partial charge in [0.25, 0.3) is 11.8 Å². The summed E-state index contributed by atoms with van der Waals surface area (Å²) in [7, 11) is 0. The molecule has 2 amide bonds. The molecule has 8 heteroatoms. The van der Waals surface area contributed by atoms with Gasteiger partial charge in [0.15, 0.2) is 6.29 Å². The lowest BCUT2D eigenvalue weighted by atomic mass is 10.0. The number of nitrogens with one attached hydrogen (secondary N) is 2. The first-order chi connectivity index (χ1) is 16.6. The molecule has 2 aromatic rings. The highest BCUT2D eigenvalue weighted by Gasteiger charge is 2.23. The Morgan fingerprint density at radius 3 is 2.56 bits per heavy atom. The molecular formula is C26H32N4O4. The van der Waals surface area contributed by atoms with E-state index in [1.807, 2.05) is 48.2 Å². The number of ether oxygens (including phenoxy) is 1. The lowest BCUT2D eigenvalue weighted by Gasteiger charge is -2.32. The number of anilines is 1. The summed E-state index contributed by atoms with van der Waals surface area (Å²) >= 11 is 0. The fraction of sp³-hybridized carbons (Fsp3) is 0.423. The van der Waals surface area contributed by atoms with E-state index < -0.39 is 0 Å². The number of amides is 2. The Bertz CT molecular complexity index is 977. The number of hydroxylamine groups is 1. The van der Waals surface area contributed by atoms with Crippen LogP contribution in [0.25, 0.3) is 6.08 Å². The summed E-state index contributed by atoms with van der Waals surface area (Å²) in [5.74, 6) is 0.527. The molecule has 3 heterocycles. The molecule has 0 spiro atoms. The van der Waals surface area contributed by atoms with Crippen molar-refractivity contribution in [3.05, 3.63) is 65.4 Å². The Labute approximate surface area is 200 Å². The van der Waals surface area contributed by atoms with Crippen LogP contribution in [0.5, 0.6) is 0 Å². The van der Waals surface area contributed by atoms with Gasteiger partial charge in [-0.1, -0.05) is 17.7 Å². The number of nitrogens with zero attached hydrogens (tertiary/aromatic N) is 2. The Morgan fingerprint density at radius 2 is 1.88 bits per heavy atom. The Kier molecular flexibility index (Phi) is 8.27. The molecule has 2 saturated heterocycles. The van der Waals surface area contributed by atoms with Gasteiger partial charge in [-0.05, 0) is 68.5 Å². The minimum absolute atomic E-state index is 0.0911. The third kappa shape index (κ3) is 6.88. The van der Waals surface area contributed by atoms with E-state index in [2.05, 4.69) is 15.8 Å². The van der Waals surface area contributed by atoms with Crippen molar-refractivity contribution < 1.29 is 19.2 Å². The molecule has 1 atom stereocenters. The fourth-order valence-corrected chi connectivity index (χ4v) is 4.04. The molecule has 0 bridgehead atoms. The van der Waals surface area contributed by atoms with Crippen LogP contribution in [-0.4, -0.2) is 53.7 Å². The number of benzene rings is 1. The molecular weight excluding hydrogens is 432 g/mol. The summed E-state index contributed by atoms with van der Waals surface area (Å²) in [5, 5.41) is 3.45. The van der Waals surface area contributed by atoms with Gasteiger partial charge in [0.05, 0.1) is 0 Å². The topological polar surface area (TPSA) is 92.8 Å². The molecule has 1 unspecified atom stereocenters. The largest absolute Gasteiger partial charge is 0.367 e. The predicted molar refractivity (Wildman–Crippen MR) is 130 cm³/mol. The lowest BCUT2D eigenvalue weighted by Crippen LogP contribution is -2.42. The summed E-state index contributed by atoms with van der Waals surface area (Å²) in [6, 6.07) is 11.8. The van der Waals surface area contributed by atoms with Crippen LogP contribution in [0.1, 0.15) is 53.6 Å². The zero-order chi connectivity index (χ0) is 23.8. The van der Waals surface area contributed by atoms with Gasteiger partial charge in [-0.2, -0.15) is 0 Å². The van der Waals surface area contributed by atoms with Crippen LogP contribution in [0.15, 0.2) is 48.7 Å². The summed E-state index contributed by atoms with van der Waals surface area (Å²) < 4.78 is 5.41. The van der Waals surface area contributed by atoms with Crippen molar-refractivity contribution in [2.45, 2.75) is 51.4 Å². The normalized spacial score (nSPS) is 19.2. The molecule has 4 rings (SSSR count). The van der Waals surface area contributed by atoms with Gasteiger partial charge in [0.1, 0.15) is 5.82 Å². The summed E-state index contributed by atoms with van der Waals surface area (Å²) in [4.78, 5) is 36.3. The van der Waals surface area contributed by atoms with E-state index in [9.17, 15) is 9.59 Å². The van der Waals surface area contributed by atoms with E-state index in [0.29, 0.717) is 19.7 Å². The van der Waals surface area contributed by atoms with Gasteiger partial charge in [-0.25, -0.2) is 15.3 Å². The molecule has 34 heavy (non-hydrogen) atoms. The smallest absolute Gasteiger partial charge is 0.267 e. The molecule has 2 fully saturated rings. The van der Waals surface area contributed by atoms with E-state index in [0.717, 1.165) is 54.6 Å². The number of hydrogen-bond donors (Lipinski definition) is 2. The third-order valence-electron chi connectivity index (χ3n) is 6.08. The quantitative estimate of drug-likeness (QED) is 0.480. The van der Waals surface area contributed by atoms with Crippen LogP contribution in [0.3, 0.4) is 0 Å². The second-order valence-electron chi connectivity index (χ2n) is 8.77. The number of aryl methyl sites for hydroxylation is 1. The highest BCUT2D eigenvalue weighted by molar-refractivity contribution is 5.94. The molecule has 1 aromatic heterocycles. The van der Waals surface area contributed by atoms with Crippen molar-refractivity contribution in [1.82, 2.24) is 15.4 Å². The van der Waals surface area contributed by atoms with Crippen molar-refractivity contribution in [2.24, 2.45) is 0 Å². The molecule has 180 valence electrons. The van der Waals surface area contributed by atoms with Crippen molar-refractivity contribution in [1.29, 1.82) is 0 Å². The molecule has 8 nitrogen and oxygen atoms in total. The van der Waals surface area contributed by atoms with Crippen molar-refractivity contribution >= 4 is 23.7 Å². The molecule has 1 aromatic carbocycles. The number of carbonyl (C=O) groups is 2. The number of aromatic nitrogens is 1. The summed E-state index contributed by atoms with van der Waals surface area (Å²) in [6.07, 6.45) is 9.02. The van der Waals surface area contributed by atoms with Crippen LogP contribution in [0, 0.1) is 6.92 Å². The van der Waals surface area contributed by atoms with Crippen molar-refractivity contribution in [2.75, 3.05) is 25.0 Å². The first-order valence-corrected chi connectivity index (χ1v) is 11.9. The molecule has 0 radical (unpaired) electrons. The van der Waals surface area contributed by atoms with Crippen LogP contribution in [0.2, 0.25) is 0 Å². The summed E-state index contributed by atoms with van der Waals surface area (Å²) in [5.41, 5.74) is 5.10. The predicted octanol–water partition coefficient (Wildman–Crippen LogP) is 3.69. The van der Waals surface area contributed by atoms with Crippen LogP contribution >= 0.6 is 0 Å². The van der Waals surface area contributed by atoms with Crippen molar-refractivity contribution in [3.63, 3.8) is 0 Å². The van der Waals surface area contributed by atoms with Crippen LogP contribution < -0.4 is 10.8 Å². The second-order valence-corrected chi connectivity index (χ2v) is 8.77. The van der Waals surface area contributed by atoms with Gasteiger partial charge in [0, 0.05) is 50.0 Å². The molecule has 2 N–H and O–H groups in total. The lowest BCUT2D eigenvalue weighted by molar-refractivity contribution is -0.198. The number of carbonyl (C=O) groups excluding carboxylic acids is 2. The van der Waals surface area contributed by atoms with Crippen LogP contribution in [0.4, 0.5) is 5.82 Å². The highest BCUT2D eigenvalue weighted by Crippen LogP contribution is 2.18. The number of pyridine rings is 1. The van der Waals surface area contributed by atoms with Gasteiger partial charge >= 0.3 is 0 Å². The standard InChI is InChI=1S/C26H32N4O4/c1-19-5-9-21(10-6-19)26(32)30-15-13-22(14-16-30)28-23-11-7-20(18-27-23)8-12-24(31)29-34-25-4-2-3-17-33-25/h5-12,18,22,25H,2-4,13-17H2,1H3,(H,27,28)(H,29,31)/b12-8+. The average molecular weight is 465 g/mol. The van der Waals surface area contributed by atoms with E-state index in [4.69, 9.17) is 9.57 Å². The number of rotatable bonds is 7. The first kappa shape index (κ1) is 23.9. The molecule has 2 aliphatic heterocycles. The highest BCUT2D eigenvalue weighted by atomic mass is 16.8. The summed E-state index contributed by atoms with van der Waals surface area (Å²) in [6.45, 7) is 4.11. The molecule has 2 aliphatic rings. The number of hydrogen-bond acceptors (Lipinski definition) is 6. The van der Waals surface area contributed by atoms with Crippen molar-refractivity contribution in [3.8, 4) is 0 Å². The minimum Gasteiger partial charge on any atom is -0.367 e. The number of likely N-dealkylation sites (tertiary alicyclic amines) is 1. The Morgan fingerprint density at radius 1 is 1.09 bits per heavy atom. The van der Waals surface area contributed by atoms with Gasteiger partial charge in [-0.3, -0.25) is 9.59 Å². The van der Waals surface area contributed by atoms with E-state index >= 15 is 0 Å². The monoisotopic (exact) mass is 464 g/mol. The Hall–Kier alpha value is -3.23. The van der Waals surface area contributed by atoms with Gasteiger partial charge < -0.3 is 15.0 Å². The second kappa shape index (κ2) is 11.8. The molecule has 0 aliphatic carbocycles. The van der Waals surface area contributed by atoms with Crippen LogP contribution in [-0.2, 0) is 14.4 Å². The average Bonchev–Trinajstić information content (AvgIpc) is 2.88. The zero-order valence-electron chi connectivity index (χ0n) is 19.5. The maximum absolute atomic E-state index is 12.7. The zero-order valence-corrected chi connectivity index (χ0v) is 19.5. The SMILES string of the molecule is Cc1ccc(C(=O)N2CCC(Nc3ccc(/C=C/C(=O)NOC4CCCCO4)cn3)CC2)cc1. The van der Waals surface area contributed by atoms with E-state index in [1.54, 1.807) is 12.3 Å². The van der Waals surface area contributed by atoms with E-state index in [-0.39, 0.29) is 24.1 Å². The minimum atomic E-state index is -0.370. The van der Waals surface area contributed by atoms with Gasteiger partial charge in [-0.15, -0.1) is 0 Å². The third-order valence-corrected chi connectivity index (χ3v) is 6.08. The van der Waals surface area contributed by atoms with Gasteiger partial charge in [0.2, 0.25) is 0 Å².